The van der Waals surface area contributed by atoms with E-state index in [4.69, 9.17) is 5.73 Å². The van der Waals surface area contributed by atoms with E-state index in [1.807, 2.05) is 25.1 Å². The molecular formula is C19H24N5O2S+. The molecule has 4 rings (SSSR count). The van der Waals surface area contributed by atoms with Gasteiger partial charge in [0.1, 0.15) is 4.88 Å². The van der Waals surface area contributed by atoms with Crippen LogP contribution in [0.15, 0.2) is 30.3 Å². The standard InChI is InChI=1S/C19H23N5O2S/c1-2-14-21-19-24(22-14)18(26)16(27-19)15(12-6-4-3-5-7-12)23-10-8-13(9-11-23)17(20)25/h3-7,13,15,26H,2,8-11H2,1H3,(H2,20,25)/p+1/t15-/m0/s1. The third-order valence-electron chi connectivity index (χ3n) is 5.39. The highest BCUT2D eigenvalue weighted by molar-refractivity contribution is 7.17. The summed E-state index contributed by atoms with van der Waals surface area (Å²) < 4.78 is 1.55. The second kappa shape index (κ2) is 7.28. The van der Waals surface area contributed by atoms with Gasteiger partial charge >= 0.3 is 0 Å². The molecule has 8 heteroatoms. The second-order valence-electron chi connectivity index (χ2n) is 7.04. The third-order valence-corrected chi connectivity index (χ3v) is 6.48. The topological polar surface area (TPSA) is 98.0 Å². The van der Waals surface area contributed by atoms with Crippen LogP contribution in [-0.4, -0.2) is 38.7 Å². The van der Waals surface area contributed by atoms with Gasteiger partial charge in [-0.05, 0) is 0 Å². The summed E-state index contributed by atoms with van der Waals surface area (Å²) in [4.78, 5) is 18.9. The van der Waals surface area contributed by atoms with Crippen LogP contribution in [0.2, 0.25) is 0 Å². The molecule has 2 aromatic heterocycles. The fraction of sp³-hybridized carbons (Fsp3) is 0.421. The molecule has 0 unspecified atom stereocenters. The van der Waals surface area contributed by atoms with Crippen molar-refractivity contribution >= 4 is 22.2 Å². The van der Waals surface area contributed by atoms with E-state index in [1.165, 1.54) is 16.2 Å². The summed E-state index contributed by atoms with van der Waals surface area (Å²) in [6.07, 6.45) is 2.28. The predicted molar refractivity (Wildman–Crippen MR) is 103 cm³/mol. The molecule has 3 heterocycles. The average molecular weight is 387 g/mol. The van der Waals surface area contributed by atoms with Crippen LogP contribution in [0.1, 0.15) is 42.1 Å². The van der Waals surface area contributed by atoms with Crippen molar-refractivity contribution in [2.24, 2.45) is 11.7 Å². The molecule has 0 spiro atoms. The predicted octanol–water partition coefficient (Wildman–Crippen LogP) is 0.928. The fourth-order valence-electron chi connectivity index (χ4n) is 3.91. The highest BCUT2D eigenvalue weighted by Gasteiger charge is 2.36. The molecule has 1 fully saturated rings. The smallest absolute Gasteiger partial charge is 0.235 e. The second-order valence-corrected chi connectivity index (χ2v) is 8.05. The minimum Gasteiger partial charge on any atom is -0.492 e. The summed E-state index contributed by atoms with van der Waals surface area (Å²) in [5, 5.41) is 15.3. The molecule has 1 amide bonds. The normalized spacial score (nSPS) is 21.4. The number of carbonyl (C=O) groups excluding carboxylic acids is 1. The Balaban J connectivity index is 1.72. The molecule has 4 N–H and O–H groups in total. The number of thiazole rings is 1. The Kier molecular flexibility index (Phi) is 4.84. The lowest BCUT2D eigenvalue weighted by molar-refractivity contribution is -0.930. The molecule has 142 valence electrons. The van der Waals surface area contributed by atoms with Crippen molar-refractivity contribution in [2.45, 2.75) is 32.2 Å². The van der Waals surface area contributed by atoms with Crippen LogP contribution in [0.5, 0.6) is 5.88 Å². The maximum Gasteiger partial charge on any atom is 0.235 e. The number of hydrogen-bond acceptors (Lipinski definition) is 5. The third kappa shape index (κ3) is 3.30. The van der Waals surface area contributed by atoms with Crippen LogP contribution in [0.4, 0.5) is 0 Å². The van der Waals surface area contributed by atoms with Crippen LogP contribution in [0.3, 0.4) is 0 Å². The summed E-state index contributed by atoms with van der Waals surface area (Å²) in [6.45, 7) is 3.66. The summed E-state index contributed by atoms with van der Waals surface area (Å²) >= 11 is 1.49. The van der Waals surface area contributed by atoms with Gasteiger partial charge in [0.15, 0.2) is 11.9 Å². The van der Waals surface area contributed by atoms with Crippen molar-refractivity contribution < 1.29 is 14.8 Å². The van der Waals surface area contributed by atoms with Gasteiger partial charge in [-0.15, -0.1) is 5.10 Å². The molecule has 1 aliphatic heterocycles. The monoisotopic (exact) mass is 386 g/mol. The number of aromatic nitrogens is 3. The zero-order valence-electron chi connectivity index (χ0n) is 15.3. The number of amides is 1. The SMILES string of the molecule is CCc1nc2sc([C@H](c3ccccc3)[NH+]3CCC(C(N)=O)CC3)c(O)n2n1. The zero-order valence-corrected chi connectivity index (χ0v) is 16.1. The van der Waals surface area contributed by atoms with Crippen molar-refractivity contribution in [3.05, 3.63) is 46.6 Å². The fourth-order valence-corrected chi connectivity index (χ4v) is 5.07. The van der Waals surface area contributed by atoms with Gasteiger partial charge in [-0.3, -0.25) is 4.79 Å². The van der Waals surface area contributed by atoms with Gasteiger partial charge in [-0.2, -0.15) is 4.52 Å². The summed E-state index contributed by atoms with van der Waals surface area (Å²) in [6, 6.07) is 10.2. The number of quaternary nitrogens is 1. The highest BCUT2D eigenvalue weighted by Crippen LogP contribution is 2.35. The number of aryl methyl sites for hydroxylation is 1. The van der Waals surface area contributed by atoms with Gasteiger partial charge in [0.05, 0.1) is 13.1 Å². The van der Waals surface area contributed by atoms with Gasteiger partial charge < -0.3 is 15.7 Å². The number of likely N-dealkylation sites (tertiary alicyclic amines) is 1. The lowest BCUT2D eigenvalue weighted by Gasteiger charge is -2.33. The molecule has 1 saturated heterocycles. The van der Waals surface area contributed by atoms with E-state index < -0.39 is 0 Å². The maximum atomic E-state index is 11.5. The molecule has 1 aromatic carbocycles. The summed E-state index contributed by atoms with van der Waals surface area (Å²) in [7, 11) is 0. The Labute approximate surface area is 161 Å². The first-order valence-corrected chi connectivity index (χ1v) is 10.2. The minimum atomic E-state index is -0.209. The Bertz CT molecular complexity index is 944. The molecule has 1 atom stereocenters. The van der Waals surface area contributed by atoms with Gasteiger partial charge in [0.2, 0.25) is 16.7 Å². The lowest BCUT2D eigenvalue weighted by Crippen LogP contribution is -3.13. The molecule has 0 bridgehead atoms. The number of benzene rings is 1. The van der Waals surface area contributed by atoms with Crippen LogP contribution in [0.25, 0.3) is 4.96 Å². The summed E-state index contributed by atoms with van der Waals surface area (Å²) in [5.41, 5.74) is 6.63. The Morgan fingerprint density at radius 3 is 2.67 bits per heavy atom. The number of nitrogens with zero attached hydrogens (tertiary/aromatic N) is 3. The highest BCUT2D eigenvalue weighted by atomic mass is 32.1. The largest absolute Gasteiger partial charge is 0.492 e. The molecule has 0 saturated carbocycles. The van der Waals surface area contributed by atoms with Crippen molar-refractivity contribution in [1.82, 2.24) is 14.6 Å². The molecule has 27 heavy (non-hydrogen) atoms. The number of fused-ring (bicyclic) bond motifs is 1. The van der Waals surface area contributed by atoms with E-state index in [2.05, 4.69) is 22.2 Å². The van der Waals surface area contributed by atoms with E-state index in [-0.39, 0.29) is 23.7 Å². The quantitative estimate of drug-likeness (QED) is 0.608. The van der Waals surface area contributed by atoms with Crippen LogP contribution >= 0.6 is 11.3 Å². The van der Waals surface area contributed by atoms with E-state index >= 15 is 0 Å². The number of primary amides is 1. The van der Waals surface area contributed by atoms with E-state index in [0.29, 0.717) is 4.96 Å². The first-order valence-electron chi connectivity index (χ1n) is 9.34. The number of hydrogen-bond donors (Lipinski definition) is 3. The Morgan fingerprint density at radius 2 is 2.07 bits per heavy atom. The lowest BCUT2D eigenvalue weighted by atomic mass is 9.93. The van der Waals surface area contributed by atoms with Crippen molar-refractivity contribution in [2.75, 3.05) is 13.1 Å². The number of nitrogens with one attached hydrogen (secondary N) is 1. The van der Waals surface area contributed by atoms with Crippen molar-refractivity contribution in [3.63, 3.8) is 0 Å². The molecule has 1 aliphatic rings. The van der Waals surface area contributed by atoms with E-state index in [0.717, 1.165) is 48.6 Å². The van der Waals surface area contributed by atoms with Crippen LogP contribution in [-0.2, 0) is 11.2 Å². The van der Waals surface area contributed by atoms with Gasteiger partial charge in [-0.1, -0.05) is 48.6 Å². The molecular weight excluding hydrogens is 362 g/mol. The molecule has 0 aliphatic carbocycles. The maximum absolute atomic E-state index is 11.5. The average Bonchev–Trinajstić information content (AvgIpc) is 3.23. The first kappa shape index (κ1) is 17.9. The van der Waals surface area contributed by atoms with Crippen LogP contribution < -0.4 is 10.6 Å². The number of piperidine rings is 1. The molecule has 7 nitrogen and oxygen atoms in total. The van der Waals surface area contributed by atoms with Crippen molar-refractivity contribution in [1.29, 1.82) is 0 Å². The number of rotatable bonds is 5. The Hall–Kier alpha value is -2.45. The van der Waals surface area contributed by atoms with Gasteiger partial charge in [-0.25, -0.2) is 4.98 Å². The first-order chi connectivity index (χ1) is 13.1. The van der Waals surface area contributed by atoms with Crippen molar-refractivity contribution in [3.8, 4) is 5.88 Å². The number of nitrogens with two attached hydrogens (primary N) is 1. The number of carbonyl (C=O) groups is 1. The van der Waals surface area contributed by atoms with Gasteiger partial charge in [0, 0.05) is 30.7 Å². The molecule has 3 aromatic rings. The minimum absolute atomic E-state index is 0.0152. The molecule has 0 radical (unpaired) electrons. The van der Waals surface area contributed by atoms with Crippen LogP contribution in [0, 0.1) is 5.92 Å². The Morgan fingerprint density at radius 1 is 1.37 bits per heavy atom. The zero-order chi connectivity index (χ0) is 19.0. The summed E-state index contributed by atoms with van der Waals surface area (Å²) in [5.74, 6) is 0.641. The van der Waals surface area contributed by atoms with E-state index in [9.17, 15) is 9.90 Å². The number of aromatic hydroxyl groups is 1. The van der Waals surface area contributed by atoms with E-state index in [1.54, 1.807) is 4.52 Å². The van der Waals surface area contributed by atoms with Gasteiger partial charge in [0.25, 0.3) is 0 Å².